The minimum absolute atomic E-state index is 0.0450. The Bertz CT molecular complexity index is 1030. The second-order valence-electron chi connectivity index (χ2n) is 5.04. The maximum Gasteiger partial charge on any atom is 0.193 e. The Morgan fingerprint density at radius 2 is 1.95 bits per heavy atom. The third-order valence-electron chi connectivity index (χ3n) is 3.76. The predicted molar refractivity (Wildman–Crippen MR) is 85.3 cm³/mol. The number of imidazole rings is 1. The topological polar surface area (TPSA) is 59.4 Å². The van der Waals surface area contributed by atoms with Gasteiger partial charge in [0, 0.05) is 30.4 Å². The molecule has 0 radical (unpaired) electrons. The van der Waals surface area contributed by atoms with Crippen molar-refractivity contribution in [2.24, 2.45) is 0 Å². The number of nitrogens with one attached hydrogen (secondary N) is 1. The summed E-state index contributed by atoms with van der Waals surface area (Å²) >= 11 is 0. The fraction of sp³-hybridized carbons (Fsp3) is 0.0588. The lowest BCUT2D eigenvalue weighted by Crippen LogP contribution is -2.05. The van der Waals surface area contributed by atoms with Gasteiger partial charge in [-0.3, -0.25) is 4.79 Å². The summed E-state index contributed by atoms with van der Waals surface area (Å²) in [6.45, 7) is 0. The Morgan fingerprint density at radius 3 is 2.73 bits per heavy atom. The molecule has 22 heavy (non-hydrogen) atoms. The lowest BCUT2D eigenvalue weighted by molar-refractivity contribution is 0.415. The summed E-state index contributed by atoms with van der Waals surface area (Å²) in [5.74, 6) is 0.783. The molecular formula is C17H13N3O2. The van der Waals surface area contributed by atoms with Gasteiger partial charge in [0.15, 0.2) is 5.43 Å². The Kier molecular flexibility index (Phi) is 2.72. The van der Waals surface area contributed by atoms with Gasteiger partial charge in [-0.1, -0.05) is 0 Å². The van der Waals surface area contributed by atoms with Crippen LogP contribution in [0.15, 0.2) is 59.8 Å². The van der Waals surface area contributed by atoms with Crippen LogP contribution < -0.4 is 10.2 Å². The molecule has 0 bridgehead atoms. The lowest BCUT2D eigenvalue weighted by Gasteiger charge is -2.06. The number of fused-ring (bicyclic) bond motifs is 3. The Hall–Kier alpha value is -3.08. The van der Waals surface area contributed by atoms with Gasteiger partial charge in [0.05, 0.1) is 18.0 Å². The van der Waals surface area contributed by atoms with E-state index in [-0.39, 0.29) is 5.43 Å². The van der Waals surface area contributed by atoms with Crippen molar-refractivity contribution < 1.29 is 4.74 Å². The number of H-pyrrole nitrogens is 1. The lowest BCUT2D eigenvalue weighted by atomic mass is 10.1. The van der Waals surface area contributed by atoms with Crippen molar-refractivity contribution in [2.75, 3.05) is 7.11 Å². The second kappa shape index (κ2) is 4.73. The molecule has 0 aliphatic heterocycles. The van der Waals surface area contributed by atoms with Gasteiger partial charge in [0.1, 0.15) is 11.4 Å². The Morgan fingerprint density at radius 1 is 1.14 bits per heavy atom. The molecule has 0 saturated heterocycles. The summed E-state index contributed by atoms with van der Waals surface area (Å²) < 4.78 is 6.99. The molecule has 3 heterocycles. The quantitative estimate of drug-likeness (QED) is 0.618. The smallest absolute Gasteiger partial charge is 0.193 e. The molecule has 0 unspecified atom stereocenters. The molecule has 0 aliphatic carbocycles. The first-order valence-electron chi connectivity index (χ1n) is 6.89. The molecular weight excluding hydrogens is 278 g/mol. The number of pyridine rings is 2. The summed E-state index contributed by atoms with van der Waals surface area (Å²) in [6, 6.07) is 11.1. The zero-order chi connectivity index (χ0) is 15.1. The molecule has 0 saturated carbocycles. The minimum atomic E-state index is -0.0450. The van der Waals surface area contributed by atoms with E-state index in [2.05, 4.69) is 9.97 Å². The van der Waals surface area contributed by atoms with Gasteiger partial charge < -0.3 is 14.1 Å². The number of methoxy groups -OCH3 is 1. The van der Waals surface area contributed by atoms with Gasteiger partial charge in [0.2, 0.25) is 0 Å². The third-order valence-corrected chi connectivity index (χ3v) is 3.76. The van der Waals surface area contributed by atoms with Crippen LogP contribution in [0, 0.1) is 0 Å². The predicted octanol–water partition coefficient (Wildman–Crippen LogP) is 2.85. The molecule has 5 nitrogen and oxygen atoms in total. The highest BCUT2D eigenvalue weighted by atomic mass is 16.5. The summed E-state index contributed by atoms with van der Waals surface area (Å²) in [5, 5.41) is 0.602. The van der Waals surface area contributed by atoms with E-state index in [4.69, 9.17) is 4.74 Å². The van der Waals surface area contributed by atoms with Gasteiger partial charge in [-0.2, -0.15) is 0 Å². The van der Waals surface area contributed by atoms with Crippen molar-refractivity contribution in [1.29, 1.82) is 0 Å². The number of aromatic amines is 1. The van der Waals surface area contributed by atoms with Crippen molar-refractivity contribution >= 4 is 16.6 Å². The molecule has 5 heteroatoms. The van der Waals surface area contributed by atoms with E-state index in [9.17, 15) is 4.79 Å². The number of aromatic nitrogens is 3. The average Bonchev–Trinajstić information content (AvgIpc) is 3.03. The van der Waals surface area contributed by atoms with Crippen LogP contribution in [0.5, 0.6) is 5.75 Å². The average molecular weight is 291 g/mol. The number of rotatable bonds is 2. The molecule has 3 aromatic heterocycles. The number of hydrogen-bond acceptors (Lipinski definition) is 3. The van der Waals surface area contributed by atoms with Crippen LogP contribution in [0.4, 0.5) is 0 Å². The zero-order valence-electron chi connectivity index (χ0n) is 11.9. The van der Waals surface area contributed by atoms with E-state index in [1.165, 1.54) is 0 Å². The molecule has 108 valence electrons. The fourth-order valence-electron chi connectivity index (χ4n) is 2.64. The van der Waals surface area contributed by atoms with Crippen molar-refractivity contribution in [2.45, 2.75) is 0 Å². The van der Waals surface area contributed by atoms with Gasteiger partial charge in [-0.15, -0.1) is 0 Å². The van der Waals surface area contributed by atoms with Crippen LogP contribution >= 0.6 is 0 Å². The maximum absolute atomic E-state index is 12.5. The highest BCUT2D eigenvalue weighted by molar-refractivity contribution is 5.92. The monoisotopic (exact) mass is 291 g/mol. The van der Waals surface area contributed by atoms with Crippen molar-refractivity contribution in [3.05, 3.63) is 65.2 Å². The highest BCUT2D eigenvalue weighted by Gasteiger charge is 2.09. The molecule has 4 aromatic rings. The SMILES string of the molecule is COc1ccc(-c2cc(=O)c3c(ccn4ccnc34)[nH]2)cc1. The number of benzene rings is 1. The largest absolute Gasteiger partial charge is 0.497 e. The highest BCUT2D eigenvalue weighted by Crippen LogP contribution is 2.22. The summed E-state index contributed by atoms with van der Waals surface area (Å²) in [4.78, 5) is 20.1. The van der Waals surface area contributed by atoms with E-state index in [0.29, 0.717) is 11.0 Å². The standard InChI is InChI=1S/C17H13N3O2/c1-22-12-4-2-11(3-5-12)14-10-15(21)16-13(19-14)6-8-20-9-7-18-17(16)20/h2-10H,1H3,(H,19,21). The first-order valence-corrected chi connectivity index (χ1v) is 6.89. The van der Waals surface area contributed by atoms with Crippen LogP contribution in [-0.2, 0) is 0 Å². The van der Waals surface area contributed by atoms with E-state index in [1.807, 2.05) is 47.1 Å². The first kappa shape index (κ1) is 12.6. The molecule has 4 rings (SSSR count). The Balaban J connectivity index is 1.96. The normalized spacial score (nSPS) is 11.1. The van der Waals surface area contributed by atoms with Crippen molar-refractivity contribution in [3.8, 4) is 17.0 Å². The van der Waals surface area contributed by atoms with Gasteiger partial charge in [-0.05, 0) is 35.9 Å². The van der Waals surface area contributed by atoms with E-state index < -0.39 is 0 Å². The maximum atomic E-state index is 12.5. The molecule has 1 N–H and O–H groups in total. The van der Waals surface area contributed by atoms with E-state index in [0.717, 1.165) is 22.5 Å². The molecule has 0 amide bonds. The van der Waals surface area contributed by atoms with Gasteiger partial charge in [-0.25, -0.2) is 4.98 Å². The van der Waals surface area contributed by atoms with Crippen LogP contribution in [0.3, 0.4) is 0 Å². The minimum Gasteiger partial charge on any atom is -0.497 e. The van der Waals surface area contributed by atoms with Crippen molar-refractivity contribution in [1.82, 2.24) is 14.4 Å². The second-order valence-corrected chi connectivity index (χ2v) is 5.04. The molecule has 0 fully saturated rings. The van der Waals surface area contributed by atoms with Crippen LogP contribution in [-0.4, -0.2) is 21.5 Å². The molecule has 0 atom stereocenters. The summed E-state index contributed by atoms with van der Waals surface area (Å²) in [5.41, 5.74) is 3.10. The first-order chi connectivity index (χ1) is 10.8. The van der Waals surface area contributed by atoms with E-state index in [1.54, 1.807) is 19.4 Å². The third kappa shape index (κ3) is 1.87. The van der Waals surface area contributed by atoms with Crippen LogP contribution in [0.2, 0.25) is 0 Å². The van der Waals surface area contributed by atoms with E-state index >= 15 is 0 Å². The number of nitrogens with zero attached hydrogens (tertiary/aromatic N) is 2. The van der Waals surface area contributed by atoms with Crippen LogP contribution in [0.25, 0.3) is 27.8 Å². The molecule has 0 aliphatic rings. The molecule has 0 spiro atoms. The number of hydrogen-bond donors (Lipinski definition) is 1. The fourth-order valence-corrected chi connectivity index (χ4v) is 2.64. The van der Waals surface area contributed by atoms with Gasteiger partial charge in [0.25, 0.3) is 0 Å². The number of ether oxygens (including phenoxy) is 1. The van der Waals surface area contributed by atoms with Gasteiger partial charge >= 0.3 is 0 Å². The molecule has 1 aromatic carbocycles. The van der Waals surface area contributed by atoms with Crippen molar-refractivity contribution in [3.63, 3.8) is 0 Å². The zero-order valence-corrected chi connectivity index (χ0v) is 11.9. The van der Waals surface area contributed by atoms with Crippen LogP contribution in [0.1, 0.15) is 0 Å². The summed E-state index contributed by atoms with van der Waals surface area (Å²) in [6.07, 6.45) is 5.40. The summed E-state index contributed by atoms with van der Waals surface area (Å²) in [7, 11) is 1.63. The Labute approximate surface area is 125 Å².